The predicted molar refractivity (Wildman–Crippen MR) is 101 cm³/mol. The lowest BCUT2D eigenvalue weighted by atomic mass is 10.2. The van der Waals surface area contributed by atoms with E-state index < -0.39 is 0 Å². The molecular formula is C17H18ClN3O2S. The van der Waals surface area contributed by atoms with Gasteiger partial charge in [-0.2, -0.15) is 5.10 Å². The highest BCUT2D eigenvalue weighted by molar-refractivity contribution is 7.80. The van der Waals surface area contributed by atoms with Crippen LogP contribution in [0, 0.1) is 0 Å². The fourth-order valence-electron chi connectivity index (χ4n) is 1.88. The van der Waals surface area contributed by atoms with Gasteiger partial charge in [0, 0.05) is 17.6 Å². The third-order valence-electron chi connectivity index (χ3n) is 3.14. The highest BCUT2D eigenvalue weighted by atomic mass is 35.5. The van der Waals surface area contributed by atoms with Crippen LogP contribution in [-0.2, 0) is 6.61 Å². The van der Waals surface area contributed by atoms with E-state index in [-0.39, 0.29) is 0 Å². The molecule has 0 bridgehead atoms. The largest absolute Gasteiger partial charge is 0.493 e. The summed E-state index contributed by atoms with van der Waals surface area (Å²) in [5.74, 6) is 1.25. The normalized spacial score (nSPS) is 10.5. The van der Waals surface area contributed by atoms with Crippen molar-refractivity contribution in [1.29, 1.82) is 0 Å². The first-order valence-corrected chi connectivity index (χ1v) is 7.97. The molecule has 0 amide bonds. The summed E-state index contributed by atoms with van der Waals surface area (Å²) in [7, 11) is 3.31. The topological polar surface area (TPSA) is 54.9 Å². The second-order valence-electron chi connectivity index (χ2n) is 4.74. The van der Waals surface area contributed by atoms with Crippen LogP contribution < -0.4 is 20.2 Å². The molecule has 126 valence electrons. The van der Waals surface area contributed by atoms with Crippen molar-refractivity contribution < 1.29 is 9.47 Å². The molecule has 24 heavy (non-hydrogen) atoms. The molecule has 0 unspecified atom stereocenters. The fourth-order valence-corrected chi connectivity index (χ4v) is 2.12. The Hall–Kier alpha value is -2.31. The average Bonchev–Trinajstić information content (AvgIpc) is 2.61. The van der Waals surface area contributed by atoms with Gasteiger partial charge in [-0.25, -0.2) is 0 Å². The smallest absolute Gasteiger partial charge is 0.186 e. The van der Waals surface area contributed by atoms with E-state index in [1.54, 1.807) is 20.4 Å². The molecule has 0 aliphatic rings. The van der Waals surface area contributed by atoms with Crippen LogP contribution in [0.1, 0.15) is 11.1 Å². The zero-order chi connectivity index (χ0) is 17.4. The van der Waals surface area contributed by atoms with Crippen molar-refractivity contribution in [2.75, 3.05) is 14.2 Å². The second kappa shape index (κ2) is 9.10. The van der Waals surface area contributed by atoms with Crippen LogP contribution in [0.5, 0.6) is 11.5 Å². The van der Waals surface area contributed by atoms with Gasteiger partial charge in [-0.3, -0.25) is 5.43 Å². The molecule has 0 saturated carbocycles. The summed E-state index contributed by atoms with van der Waals surface area (Å²) in [5.41, 5.74) is 4.45. The van der Waals surface area contributed by atoms with E-state index in [4.69, 9.17) is 33.3 Å². The van der Waals surface area contributed by atoms with E-state index >= 15 is 0 Å². The van der Waals surface area contributed by atoms with E-state index in [9.17, 15) is 0 Å². The zero-order valence-corrected chi connectivity index (χ0v) is 14.9. The molecule has 0 fully saturated rings. The Morgan fingerprint density at radius 3 is 2.75 bits per heavy atom. The molecule has 0 saturated heterocycles. The average molecular weight is 364 g/mol. The summed E-state index contributed by atoms with van der Waals surface area (Å²) in [5, 5.41) is 7.92. The van der Waals surface area contributed by atoms with Crippen molar-refractivity contribution in [3.63, 3.8) is 0 Å². The first-order chi connectivity index (χ1) is 11.6. The van der Waals surface area contributed by atoms with Gasteiger partial charge >= 0.3 is 0 Å². The molecule has 2 aromatic carbocycles. The number of benzene rings is 2. The predicted octanol–water partition coefficient (Wildman–Crippen LogP) is 3.36. The number of thiocarbonyl (C=S) groups is 1. The Morgan fingerprint density at radius 1 is 1.25 bits per heavy atom. The number of methoxy groups -OCH3 is 1. The van der Waals surface area contributed by atoms with Gasteiger partial charge in [0.25, 0.3) is 0 Å². The standard InChI is InChI=1S/C17H18ClN3O2S/c1-19-17(24)21-20-10-12-7-8-15(16(9-12)22-2)23-11-13-5-3-4-6-14(13)18/h3-10H,11H2,1-2H3,(H2,19,21,24)/b20-10-. The first kappa shape index (κ1) is 18.0. The molecule has 0 aromatic heterocycles. The highest BCUT2D eigenvalue weighted by Crippen LogP contribution is 2.29. The van der Waals surface area contributed by atoms with Gasteiger partial charge in [0.1, 0.15) is 6.61 Å². The van der Waals surface area contributed by atoms with Gasteiger partial charge in [-0.1, -0.05) is 29.8 Å². The minimum Gasteiger partial charge on any atom is -0.493 e. The number of hydrogen-bond donors (Lipinski definition) is 2. The molecule has 2 rings (SSSR count). The quantitative estimate of drug-likeness (QED) is 0.468. The molecule has 0 aliphatic carbocycles. The monoisotopic (exact) mass is 363 g/mol. The van der Waals surface area contributed by atoms with E-state index in [2.05, 4.69) is 15.8 Å². The van der Waals surface area contributed by atoms with E-state index in [1.165, 1.54) is 0 Å². The number of nitrogens with zero attached hydrogens (tertiary/aromatic N) is 1. The molecule has 0 atom stereocenters. The van der Waals surface area contributed by atoms with Crippen molar-refractivity contribution in [1.82, 2.24) is 10.7 Å². The number of hydrogen-bond acceptors (Lipinski definition) is 4. The van der Waals surface area contributed by atoms with Crippen LogP contribution >= 0.6 is 23.8 Å². The lowest BCUT2D eigenvalue weighted by molar-refractivity contribution is 0.284. The lowest BCUT2D eigenvalue weighted by Crippen LogP contribution is -2.28. The maximum absolute atomic E-state index is 6.13. The maximum atomic E-state index is 6.13. The lowest BCUT2D eigenvalue weighted by Gasteiger charge is -2.12. The Bertz CT molecular complexity index is 738. The molecular weight excluding hydrogens is 346 g/mol. The number of rotatable bonds is 6. The van der Waals surface area contributed by atoms with Crippen LogP contribution in [0.2, 0.25) is 5.02 Å². The van der Waals surface area contributed by atoms with Crippen LogP contribution in [0.3, 0.4) is 0 Å². The summed E-state index contributed by atoms with van der Waals surface area (Å²) < 4.78 is 11.2. The van der Waals surface area contributed by atoms with E-state index in [0.29, 0.717) is 28.2 Å². The zero-order valence-electron chi connectivity index (χ0n) is 13.4. The Morgan fingerprint density at radius 2 is 2.04 bits per heavy atom. The molecule has 0 spiro atoms. The summed E-state index contributed by atoms with van der Waals surface area (Å²) >= 11 is 11.1. The fraction of sp³-hybridized carbons (Fsp3) is 0.176. The SMILES string of the molecule is CNC(=S)N/N=C\c1ccc(OCc2ccccc2Cl)c(OC)c1. The number of hydrazone groups is 1. The van der Waals surface area contributed by atoms with Crippen LogP contribution in [0.25, 0.3) is 0 Å². The second-order valence-corrected chi connectivity index (χ2v) is 5.55. The molecule has 5 nitrogen and oxygen atoms in total. The van der Waals surface area contributed by atoms with Crippen LogP contribution in [0.4, 0.5) is 0 Å². The molecule has 0 heterocycles. The summed E-state index contributed by atoms with van der Waals surface area (Å²) in [6.07, 6.45) is 1.64. The number of ether oxygens (including phenoxy) is 2. The van der Waals surface area contributed by atoms with Gasteiger partial charge < -0.3 is 14.8 Å². The third-order valence-corrected chi connectivity index (χ3v) is 3.80. The van der Waals surface area contributed by atoms with Gasteiger partial charge in [-0.15, -0.1) is 0 Å². The van der Waals surface area contributed by atoms with Gasteiger partial charge in [-0.05, 0) is 42.0 Å². The molecule has 0 aliphatic heterocycles. The summed E-state index contributed by atoms with van der Waals surface area (Å²) in [6.45, 7) is 0.363. The molecule has 2 N–H and O–H groups in total. The third kappa shape index (κ3) is 5.11. The van der Waals surface area contributed by atoms with Crippen molar-refractivity contribution in [2.45, 2.75) is 6.61 Å². The summed E-state index contributed by atoms with van der Waals surface area (Å²) in [4.78, 5) is 0. The molecule has 7 heteroatoms. The summed E-state index contributed by atoms with van der Waals surface area (Å²) in [6, 6.07) is 13.1. The highest BCUT2D eigenvalue weighted by Gasteiger charge is 2.07. The number of nitrogens with one attached hydrogen (secondary N) is 2. The van der Waals surface area contributed by atoms with Crippen molar-refractivity contribution in [3.05, 3.63) is 58.6 Å². The minimum absolute atomic E-state index is 0.363. The van der Waals surface area contributed by atoms with Crippen LogP contribution in [-0.4, -0.2) is 25.5 Å². The van der Waals surface area contributed by atoms with Crippen LogP contribution in [0.15, 0.2) is 47.6 Å². The Labute approximate surface area is 151 Å². The molecule has 0 radical (unpaired) electrons. The van der Waals surface area contributed by atoms with Crippen molar-refractivity contribution in [3.8, 4) is 11.5 Å². The van der Waals surface area contributed by atoms with Gasteiger partial charge in [0.15, 0.2) is 16.6 Å². The van der Waals surface area contributed by atoms with E-state index in [0.717, 1.165) is 11.1 Å². The first-order valence-electron chi connectivity index (χ1n) is 7.19. The Kier molecular flexibility index (Phi) is 6.84. The van der Waals surface area contributed by atoms with Gasteiger partial charge in [0.2, 0.25) is 0 Å². The maximum Gasteiger partial charge on any atom is 0.186 e. The Balaban J connectivity index is 2.06. The number of halogens is 1. The molecule has 2 aromatic rings. The van der Waals surface area contributed by atoms with E-state index in [1.807, 2.05) is 42.5 Å². The van der Waals surface area contributed by atoms with Crippen molar-refractivity contribution >= 4 is 35.1 Å². The van der Waals surface area contributed by atoms with Gasteiger partial charge in [0.05, 0.1) is 13.3 Å². The minimum atomic E-state index is 0.363. The van der Waals surface area contributed by atoms with Crippen molar-refractivity contribution in [2.24, 2.45) is 5.10 Å².